The van der Waals surface area contributed by atoms with Crippen molar-refractivity contribution in [1.82, 2.24) is 14.8 Å². The molecule has 0 radical (unpaired) electrons. The summed E-state index contributed by atoms with van der Waals surface area (Å²) >= 11 is 13.4. The van der Waals surface area contributed by atoms with E-state index in [1.165, 1.54) is 16.4 Å². The van der Waals surface area contributed by atoms with Crippen molar-refractivity contribution in [3.05, 3.63) is 34.9 Å². The van der Waals surface area contributed by atoms with E-state index in [1.54, 1.807) is 31.2 Å². The third-order valence-electron chi connectivity index (χ3n) is 4.22. The fourth-order valence-electron chi connectivity index (χ4n) is 3.01. The fraction of sp³-hybridized carbons (Fsp3) is 0.438. The van der Waals surface area contributed by atoms with Gasteiger partial charge in [0, 0.05) is 5.02 Å². The van der Waals surface area contributed by atoms with Gasteiger partial charge in [-0.2, -0.15) is 9.67 Å². The predicted molar refractivity (Wildman–Crippen MR) is 101 cm³/mol. The first-order valence-corrected chi connectivity index (χ1v) is 10.1. The van der Waals surface area contributed by atoms with Gasteiger partial charge in [0.1, 0.15) is 5.92 Å². The second-order valence-electron chi connectivity index (χ2n) is 5.75. The van der Waals surface area contributed by atoms with Crippen molar-refractivity contribution in [2.45, 2.75) is 23.8 Å². The maximum atomic E-state index is 12.7. The van der Waals surface area contributed by atoms with Crippen molar-refractivity contribution in [2.75, 3.05) is 24.1 Å². The Morgan fingerprint density at radius 1 is 1.46 bits per heavy atom. The number of hydrogen-bond acceptors (Lipinski definition) is 7. The summed E-state index contributed by atoms with van der Waals surface area (Å²) in [5, 5.41) is 19.8. The molecule has 26 heavy (non-hydrogen) atoms. The molecule has 3 atom stereocenters. The zero-order valence-electron chi connectivity index (χ0n) is 14.1. The van der Waals surface area contributed by atoms with Crippen LogP contribution >= 0.6 is 35.0 Å². The third-order valence-corrected chi connectivity index (χ3v) is 5.40. The number of thioether (sulfide) groups is 1. The number of aliphatic hydroxyl groups is 1. The molecule has 2 N–H and O–H groups in total. The van der Waals surface area contributed by atoms with Gasteiger partial charge in [-0.15, -0.1) is 16.7 Å². The highest BCUT2D eigenvalue weighted by Gasteiger charge is 2.54. The third kappa shape index (κ3) is 3.26. The van der Waals surface area contributed by atoms with Crippen molar-refractivity contribution in [2.24, 2.45) is 5.92 Å². The number of fused-ring (bicyclic) bond motifs is 1. The van der Waals surface area contributed by atoms with Gasteiger partial charge < -0.3 is 15.2 Å². The monoisotopic (exact) mass is 416 g/mol. The normalized spacial score (nSPS) is 24.7. The zero-order chi connectivity index (χ0) is 18.9. The van der Waals surface area contributed by atoms with Crippen LogP contribution in [0.4, 0.5) is 5.95 Å². The molecule has 3 rings (SSSR count). The lowest BCUT2D eigenvalue weighted by atomic mass is 9.83. The molecule has 10 heteroatoms. The summed E-state index contributed by atoms with van der Waals surface area (Å²) in [5.74, 6) is -1.52. The van der Waals surface area contributed by atoms with Gasteiger partial charge in [-0.3, -0.25) is 4.79 Å². The van der Waals surface area contributed by atoms with E-state index in [0.717, 1.165) is 5.56 Å². The summed E-state index contributed by atoms with van der Waals surface area (Å²) in [5.41, 5.74) is -1.05. The number of anilines is 1. The van der Waals surface area contributed by atoms with Crippen molar-refractivity contribution in [3.63, 3.8) is 0 Å². The second-order valence-corrected chi connectivity index (χ2v) is 7.23. The number of rotatable bonds is 5. The summed E-state index contributed by atoms with van der Waals surface area (Å²) in [6.07, 6.45) is 1.82. The quantitative estimate of drug-likeness (QED) is 0.439. The molecule has 0 saturated carbocycles. The van der Waals surface area contributed by atoms with E-state index in [9.17, 15) is 9.90 Å². The van der Waals surface area contributed by atoms with Crippen molar-refractivity contribution in [3.8, 4) is 0 Å². The summed E-state index contributed by atoms with van der Waals surface area (Å²) < 4.78 is 6.48. The SMILES string of the molecule is CCOC(=O)C1C(c2ccc(Cl)cc2)Nc2nc(SC)nn2C1(O)CCl. The molecule has 1 aliphatic heterocycles. The van der Waals surface area contributed by atoms with Gasteiger partial charge >= 0.3 is 5.97 Å². The number of carbonyl (C=O) groups is 1. The van der Waals surface area contributed by atoms with Crippen molar-refractivity contribution in [1.29, 1.82) is 0 Å². The minimum Gasteiger partial charge on any atom is -0.466 e. The van der Waals surface area contributed by atoms with Crippen LogP contribution in [0.2, 0.25) is 5.02 Å². The average molecular weight is 417 g/mol. The van der Waals surface area contributed by atoms with Crippen molar-refractivity contribution < 1.29 is 14.6 Å². The van der Waals surface area contributed by atoms with Gasteiger partial charge in [0.2, 0.25) is 11.1 Å². The Morgan fingerprint density at radius 2 is 2.15 bits per heavy atom. The molecule has 0 spiro atoms. The maximum Gasteiger partial charge on any atom is 0.316 e. The molecule has 2 heterocycles. The summed E-state index contributed by atoms with van der Waals surface area (Å²) in [6.45, 7) is 1.89. The Bertz CT molecular complexity index is 801. The molecule has 7 nitrogen and oxygen atoms in total. The standard InChI is InChI=1S/C16H18Cl2N4O3S/c1-3-25-13(23)11-12(9-4-6-10(18)7-5-9)19-14-20-15(26-2)21-22(14)16(11,24)8-17/h4-7,11-12,24H,3,8H2,1-2H3,(H,19,20,21). The number of ether oxygens (including phenoxy) is 1. The molecule has 1 aliphatic rings. The molecule has 0 fully saturated rings. The number of esters is 1. The Hall–Kier alpha value is -1.48. The van der Waals surface area contributed by atoms with E-state index in [4.69, 9.17) is 27.9 Å². The molecule has 140 valence electrons. The molecule has 2 aromatic rings. The van der Waals surface area contributed by atoms with Gasteiger partial charge in [0.05, 0.1) is 18.5 Å². The van der Waals surface area contributed by atoms with Crippen LogP contribution in [-0.4, -0.2) is 44.6 Å². The number of nitrogens with one attached hydrogen (secondary N) is 1. The van der Waals surface area contributed by atoms with E-state index < -0.39 is 23.7 Å². The van der Waals surface area contributed by atoms with Crippen LogP contribution in [0.3, 0.4) is 0 Å². The van der Waals surface area contributed by atoms with Crippen LogP contribution in [0.1, 0.15) is 18.5 Å². The Labute approximate surface area is 165 Å². The summed E-state index contributed by atoms with van der Waals surface area (Å²) in [7, 11) is 0. The Kier molecular flexibility index (Phi) is 5.67. The maximum absolute atomic E-state index is 12.7. The van der Waals surface area contributed by atoms with Crippen LogP contribution in [0.15, 0.2) is 29.4 Å². The molecule has 0 amide bonds. The first-order chi connectivity index (χ1) is 12.4. The number of halogens is 2. The first-order valence-electron chi connectivity index (χ1n) is 7.93. The minimum atomic E-state index is -1.79. The highest BCUT2D eigenvalue weighted by molar-refractivity contribution is 7.98. The van der Waals surface area contributed by atoms with E-state index in [0.29, 0.717) is 16.1 Å². The number of alkyl halides is 1. The molecular formula is C16H18Cl2N4O3S. The lowest BCUT2D eigenvalue weighted by molar-refractivity contribution is -0.170. The molecule has 0 aliphatic carbocycles. The van der Waals surface area contributed by atoms with E-state index in [2.05, 4.69) is 15.4 Å². The predicted octanol–water partition coefficient (Wildman–Crippen LogP) is 2.88. The van der Waals surface area contributed by atoms with Crippen LogP contribution in [0.5, 0.6) is 0 Å². The van der Waals surface area contributed by atoms with E-state index in [1.807, 2.05) is 6.26 Å². The smallest absolute Gasteiger partial charge is 0.316 e. The zero-order valence-corrected chi connectivity index (χ0v) is 16.5. The fourth-order valence-corrected chi connectivity index (χ4v) is 3.75. The van der Waals surface area contributed by atoms with Crippen LogP contribution in [-0.2, 0) is 15.3 Å². The van der Waals surface area contributed by atoms with Gasteiger partial charge in [0.15, 0.2) is 5.72 Å². The highest BCUT2D eigenvalue weighted by atomic mass is 35.5. The summed E-state index contributed by atoms with van der Waals surface area (Å²) in [4.78, 5) is 17.1. The number of carbonyl (C=O) groups excluding carboxylic acids is 1. The number of nitrogens with zero attached hydrogens (tertiary/aromatic N) is 3. The Balaban J connectivity index is 2.15. The van der Waals surface area contributed by atoms with E-state index in [-0.39, 0.29) is 12.5 Å². The van der Waals surface area contributed by atoms with Gasteiger partial charge in [-0.05, 0) is 30.9 Å². The van der Waals surface area contributed by atoms with Crippen LogP contribution < -0.4 is 5.32 Å². The lowest BCUT2D eigenvalue weighted by Gasteiger charge is -2.42. The minimum absolute atomic E-state index is 0.182. The first kappa shape index (κ1) is 19.3. The molecule has 0 bridgehead atoms. The molecule has 0 saturated heterocycles. The Morgan fingerprint density at radius 3 is 2.73 bits per heavy atom. The van der Waals surface area contributed by atoms with E-state index >= 15 is 0 Å². The number of hydrogen-bond donors (Lipinski definition) is 2. The van der Waals surface area contributed by atoms with Gasteiger partial charge in [-0.1, -0.05) is 35.5 Å². The lowest BCUT2D eigenvalue weighted by Crippen LogP contribution is -2.55. The highest BCUT2D eigenvalue weighted by Crippen LogP contribution is 2.43. The van der Waals surface area contributed by atoms with Gasteiger partial charge in [-0.25, -0.2) is 0 Å². The van der Waals surface area contributed by atoms with Gasteiger partial charge in [0.25, 0.3) is 0 Å². The average Bonchev–Trinajstić information content (AvgIpc) is 3.06. The number of benzene rings is 1. The largest absolute Gasteiger partial charge is 0.466 e. The molecule has 1 aromatic carbocycles. The van der Waals surface area contributed by atoms with Crippen LogP contribution in [0, 0.1) is 5.92 Å². The molecule has 3 unspecified atom stereocenters. The number of aromatic nitrogens is 3. The summed E-state index contributed by atoms with van der Waals surface area (Å²) in [6, 6.07) is 6.38. The van der Waals surface area contributed by atoms with Crippen LogP contribution in [0.25, 0.3) is 0 Å². The molecular weight excluding hydrogens is 399 g/mol. The second kappa shape index (κ2) is 7.64. The topological polar surface area (TPSA) is 89.3 Å². The molecule has 1 aromatic heterocycles. The van der Waals surface area contributed by atoms with Crippen molar-refractivity contribution >= 4 is 46.9 Å².